The van der Waals surface area contributed by atoms with Gasteiger partial charge in [-0.25, -0.2) is 9.50 Å². The molecule has 0 aliphatic rings. The first kappa shape index (κ1) is 10.9. The number of hydrogen-bond acceptors (Lipinski definition) is 4. The molecule has 5 heteroatoms. The molecule has 5 nitrogen and oxygen atoms in total. The lowest BCUT2D eigenvalue weighted by Crippen LogP contribution is -2.16. The number of aromatic nitrogens is 3. The fraction of sp³-hybridized carbons (Fsp3) is 0.455. The highest BCUT2D eigenvalue weighted by Gasteiger charge is 2.02. The summed E-state index contributed by atoms with van der Waals surface area (Å²) in [5.41, 5.74) is 0.851. The third kappa shape index (κ3) is 2.49. The van der Waals surface area contributed by atoms with Gasteiger partial charge in [-0.15, -0.1) is 0 Å². The average molecular weight is 220 g/mol. The number of ether oxygens (including phenoxy) is 1. The number of nitrogens with zero attached hydrogens (tertiary/aromatic N) is 3. The maximum absolute atomic E-state index is 5.08. The van der Waals surface area contributed by atoms with E-state index in [1.807, 2.05) is 18.3 Å². The molecule has 1 atom stereocenters. The standard InChI is InChI=1S/C11H16N4O/c1-9(8-16-2)7-12-10-4-6-15-11(14-10)3-5-13-15/h3-6,9H,7-8H2,1-2H3,(H,12,14). The molecule has 2 heterocycles. The van der Waals surface area contributed by atoms with Crippen molar-refractivity contribution in [2.45, 2.75) is 6.92 Å². The normalized spacial score (nSPS) is 12.9. The fourth-order valence-electron chi connectivity index (χ4n) is 1.53. The highest BCUT2D eigenvalue weighted by atomic mass is 16.5. The molecule has 0 saturated heterocycles. The number of anilines is 1. The minimum absolute atomic E-state index is 0.466. The van der Waals surface area contributed by atoms with Gasteiger partial charge in [-0.1, -0.05) is 6.92 Å². The lowest BCUT2D eigenvalue weighted by molar-refractivity contribution is 0.164. The molecule has 0 aromatic carbocycles. The second-order valence-electron chi connectivity index (χ2n) is 3.89. The zero-order valence-corrected chi connectivity index (χ0v) is 9.55. The van der Waals surface area contributed by atoms with E-state index in [1.54, 1.807) is 17.8 Å². The van der Waals surface area contributed by atoms with E-state index in [0.29, 0.717) is 5.92 Å². The summed E-state index contributed by atoms with van der Waals surface area (Å²) in [6.07, 6.45) is 3.63. The van der Waals surface area contributed by atoms with Gasteiger partial charge in [0.2, 0.25) is 0 Å². The Bertz CT molecular complexity index is 454. The lowest BCUT2D eigenvalue weighted by Gasteiger charge is -2.11. The summed E-state index contributed by atoms with van der Waals surface area (Å²) in [6, 6.07) is 3.79. The quantitative estimate of drug-likeness (QED) is 0.828. The van der Waals surface area contributed by atoms with E-state index in [1.165, 1.54) is 0 Å². The summed E-state index contributed by atoms with van der Waals surface area (Å²) in [5, 5.41) is 7.37. The van der Waals surface area contributed by atoms with Gasteiger partial charge in [-0.3, -0.25) is 0 Å². The highest BCUT2D eigenvalue weighted by Crippen LogP contribution is 2.06. The van der Waals surface area contributed by atoms with Gasteiger partial charge in [0.1, 0.15) is 5.82 Å². The molecule has 0 fully saturated rings. The third-order valence-electron chi connectivity index (χ3n) is 2.34. The van der Waals surface area contributed by atoms with Gasteiger partial charge in [-0.05, 0) is 12.0 Å². The van der Waals surface area contributed by atoms with Crippen molar-refractivity contribution >= 4 is 11.5 Å². The van der Waals surface area contributed by atoms with Crippen molar-refractivity contribution in [1.82, 2.24) is 14.6 Å². The van der Waals surface area contributed by atoms with E-state index in [2.05, 4.69) is 22.3 Å². The van der Waals surface area contributed by atoms with Crippen LogP contribution < -0.4 is 5.32 Å². The van der Waals surface area contributed by atoms with Gasteiger partial charge in [0.05, 0.1) is 12.8 Å². The van der Waals surface area contributed by atoms with Crippen LogP contribution in [0.4, 0.5) is 5.82 Å². The minimum Gasteiger partial charge on any atom is -0.384 e. The minimum atomic E-state index is 0.466. The van der Waals surface area contributed by atoms with Gasteiger partial charge in [0.25, 0.3) is 0 Å². The second kappa shape index (κ2) is 4.94. The van der Waals surface area contributed by atoms with Crippen LogP contribution in [0.25, 0.3) is 5.65 Å². The Morgan fingerprint density at radius 1 is 1.50 bits per heavy atom. The van der Waals surface area contributed by atoms with Gasteiger partial charge in [0, 0.05) is 25.9 Å². The van der Waals surface area contributed by atoms with Crippen LogP contribution in [0.1, 0.15) is 6.92 Å². The Hall–Kier alpha value is -1.62. The van der Waals surface area contributed by atoms with E-state index in [-0.39, 0.29) is 0 Å². The Labute approximate surface area is 94.4 Å². The monoisotopic (exact) mass is 220 g/mol. The summed E-state index contributed by atoms with van der Waals surface area (Å²) >= 11 is 0. The number of hydrogen-bond donors (Lipinski definition) is 1. The molecule has 0 aliphatic heterocycles. The largest absolute Gasteiger partial charge is 0.384 e. The molecule has 2 aromatic rings. The Morgan fingerprint density at radius 2 is 2.38 bits per heavy atom. The summed E-state index contributed by atoms with van der Waals surface area (Å²) in [5.74, 6) is 1.34. The molecule has 16 heavy (non-hydrogen) atoms. The Balaban J connectivity index is 1.98. The van der Waals surface area contributed by atoms with Crippen LogP contribution in [0.15, 0.2) is 24.5 Å². The average Bonchev–Trinajstić information content (AvgIpc) is 2.74. The maximum Gasteiger partial charge on any atom is 0.157 e. The molecule has 0 amide bonds. The molecule has 1 N–H and O–H groups in total. The van der Waals surface area contributed by atoms with Crippen LogP contribution in [0.5, 0.6) is 0 Å². The molecule has 2 aromatic heterocycles. The second-order valence-corrected chi connectivity index (χ2v) is 3.89. The molecule has 2 rings (SSSR count). The van der Waals surface area contributed by atoms with Crippen molar-refractivity contribution in [3.8, 4) is 0 Å². The van der Waals surface area contributed by atoms with E-state index in [4.69, 9.17) is 4.74 Å². The molecule has 86 valence electrons. The van der Waals surface area contributed by atoms with Gasteiger partial charge < -0.3 is 10.1 Å². The molecular formula is C11H16N4O. The molecule has 0 aliphatic carbocycles. The number of nitrogens with one attached hydrogen (secondary N) is 1. The van der Waals surface area contributed by atoms with Crippen molar-refractivity contribution < 1.29 is 4.74 Å². The van der Waals surface area contributed by atoms with Crippen molar-refractivity contribution in [3.63, 3.8) is 0 Å². The van der Waals surface area contributed by atoms with Crippen LogP contribution in [0, 0.1) is 5.92 Å². The highest BCUT2D eigenvalue weighted by molar-refractivity contribution is 5.45. The topological polar surface area (TPSA) is 51.5 Å². The van der Waals surface area contributed by atoms with E-state index in [0.717, 1.165) is 24.6 Å². The Morgan fingerprint density at radius 3 is 3.19 bits per heavy atom. The maximum atomic E-state index is 5.08. The van der Waals surface area contributed by atoms with Crippen molar-refractivity contribution in [1.29, 1.82) is 0 Å². The predicted molar refractivity (Wildman–Crippen MR) is 62.5 cm³/mol. The third-order valence-corrected chi connectivity index (χ3v) is 2.34. The molecule has 0 saturated carbocycles. The zero-order valence-electron chi connectivity index (χ0n) is 9.55. The molecular weight excluding hydrogens is 204 g/mol. The predicted octanol–water partition coefficient (Wildman–Crippen LogP) is 1.42. The first-order valence-corrected chi connectivity index (χ1v) is 5.33. The van der Waals surface area contributed by atoms with Gasteiger partial charge in [0.15, 0.2) is 5.65 Å². The smallest absolute Gasteiger partial charge is 0.157 e. The number of rotatable bonds is 5. The molecule has 1 unspecified atom stereocenters. The summed E-state index contributed by atoms with van der Waals surface area (Å²) in [4.78, 5) is 4.42. The molecule has 0 bridgehead atoms. The van der Waals surface area contributed by atoms with Crippen molar-refractivity contribution in [2.75, 3.05) is 25.6 Å². The van der Waals surface area contributed by atoms with Crippen molar-refractivity contribution in [2.24, 2.45) is 5.92 Å². The first-order chi connectivity index (χ1) is 7.79. The summed E-state index contributed by atoms with van der Waals surface area (Å²) in [7, 11) is 1.72. The number of methoxy groups -OCH3 is 1. The summed E-state index contributed by atoms with van der Waals surface area (Å²) < 4.78 is 6.82. The van der Waals surface area contributed by atoms with E-state index in [9.17, 15) is 0 Å². The first-order valence-electron chi connectivity index (χ1n) is 5.33. The van der Waals surface area contributed by atoms with Crippen LogP contribution in [0.2, 0.25) is 0 Å². The lowest BCUT2D eigenvalue weighted by atomic mass is 10.2. The van der Waals surface area contributed by atoms with E-state index >= 15 is 0 Å². The van der Waals surface area contributed by atoms with Gasteiger partial charge >= 0.3 is 0 Å². The van der Waals surface area contributed by atoms with Crippen LogP contribution in [-0.4, -0.2) is 34.9 Å². The molecule has 0 radical (unpaired) electrons. The summed E-state index contributed by atoms with van der Waals surface area (Å²) in [6.45, 7) is 3.74. The SMILES string of the molecule is COCC(C)CNc1ccn2nccc2n1. The number of fused-ring (bicyclic) bond motifs is 1. The zero-order chi connectivity index (χ0) is 11.4. The van der Waals surface area contributed by atoms with Gasteiger partial charge in [-0.2, -0.15) is 5.10 Å². The van der Waals surface area contributed by atoms with Crippen LogP contribution >= 0.6 is 0 Å². The van der Waals surface area contributed by atoms with Crippen LogP contribution in [0.3, 0.4) is 0 Å². The fourth-order valence-corrected chi connectivity index (χ4v) is 1.53. The molecule has 0 spiro atoms. The van der Waals surface area contributed by atoms with E-state index < -0.39 is 0 Å². The van der Waals surface area contributed by atoms with Crippen LogP contribution in [-0.2, 0) is 4.74 Å². The van der Waals surface area contributed by atoms with Crippen molar-refractivity contribution in [3.05, 3.63) is 24.5 Å². The Kier molecular flexibility index (Phi) is 3.36.